The third-order valence-electron chi connectivity index (χ3n) is 5.95. The zero-order chi connectivity index (χ0) is 20.7. The number of allylic oxidation sites excluding steroid dienone is 2. The van der Waals surface area contributed by atoms with E-state index in [0.29, 0.717) is 11.0 Å². The Kier molecular flexibility index (Phi) is 5.30. The fourth-order valence-corrected chi connectivity index (χ4v) is 5.53. The predicted octanol–water partition coefficient (Wildman–Crippen LogP) is 4.78. The van der Waals surface area contributed by atoms with E-state index >= 15 is 0 Å². The van der Waals surface area contributed by atoms with E-state index in [-0.39, 0.29) is 17.7 Å². The third-order valence-corrected chi connectivity index (χ3v) is 6.83. The molecule has 4 atom stereocenters. The van der Waals surface area contributed by atoms with Gasteiger partial charge in [0, 0.05) is 10.4 Å². The first-order chi connectivity index (χ1) is 13.8. The van der Waals surface area contributed by atoms with E-state index in [1.165, 1.54) is 16.9 Å². The molecular weight excluding hydrogens is 384 g/mol. The van der Waals surface area contributed by atoms with Gasteiger partial charge in [0.1, 0.15) is 0 Å². The van der Waals surface area contributed by atoms with Crippen molar-refractivity contribution in [1.82, 2.24) is 4.98 Å². The maximum Gasteiger partial charge on any atom is 0.307 e. The lowest BCUT2D eigenvalue weighted by Gasteiger charge is -2.23. The van der Waals surface area contributed by atoms with Gasteiger partial charge in [-0.25, -0.2) is 4.98 Å². The van der Waals surface area contributed by atoms with Crippen molar-refractivity contribution in [3.63, 3.8) is 0 Å². The van der Waals surface area contributed by atoms with Crippen molar-refractivity contribution in [2.45, 2.75) is 33.6 Å². The van der Waals surface area contributed by atoms with Crippen molar-refractivity contribution in [2.75, 3.05) is 5.32 Å². The summed E-state index contributed by atoms with van der Waals surface area (Å²) in [4.78, 5) is 30.2. The monoisotopic (exact) mass is 410 g/mol. The topological polar surface area (TPSA) is 79.3 Å². The number of aliphatic carboxylic acids is 1. The summed E-state index contributed by atoms with van der Waals surface area (Å²) in [5.41, 5.74) is 3.19. The molecule has 29 heavy (non-hydrogen) atoms. The zero-order valence-electron chi connectivity index (χ0n) is 16.9. The normalized spacial score (nSPS) is 25.0. The molecule has 2 aliphatic carbocycles. The lowest BCUT2D eigenvalue weighted by Crippen LogP contribution is -2.36. The van der Waals surface area contributed by atoms with Crippen LogP contribution in [0, 0.1) is 36.5 Å². The lowest BCUT2D eigenvalue weighted by molar-refractivity contribution is -0.146. The van der Waals surface area contributed by atoms with Crippen molar-refractivity contribution in [3.05, 3.63) is 46.9 Å². The second kappa shape index (κ2) is 7.75. The van der Waals surface area contributed by atoms with Crippen LogP contribution in [0.1, 0.15) is 30.7 Å². The van der Waals surface area contributed by atoms with Gasteiger partial charge in [-0.2, -0.15) is 0 Å². The summed E-state index contributed by atoms with van der Waals surface area (Å²) in [6.45, 7) is 6.40. The number of carbonyl (C=O) groups is 2. The van der Waals surface area contributed by atoms with Gasteiger partial charge < -0.3 is 10.4 Å². The van der Waals surface area contributed by atoms with Crippen molar-refractivity contribution < 1.29 is 14.7 Å². The number of fused-ring (bicyclic) bond motifs is 2. The molecule has 1 amide bonds. The smallest absolute Gasteiger partial charge is 0.307 e. The quantitative estimate of drug-likeness (QED) is 0.672. The summed E-state index contributed by atoms with van der Waals surface area (Å²) < 4.78 is 0. The number of aromatic nitrogens is 1. The molecule has 152 valence electrons. The minimum Gasteiger partial charge on any atom is -0.481 e. The fraction of sp³-hybridized carbons (Fsp3) is 0.435. The molecule has 1 aromatic carbocycles. The number of aryl methyl sites for hydroxylation is 1. The van der Waals surface area contributed by atoms with E-state index in [1.807, 2.05) is 19.1 Å². The van der Waals surface area contributed by atoms with Gasteiger partial charge in [-0.15, -0.1) is 11.3 Å². The first-order valence-electron chi connectivity index (χ1n) is 10.1. The number of carboxylic acid groups (broad SMARTS) is 1. The molecule has 0 unspecified atom stereocenters. The Morgan fingerprint density at radius 3 is 2.45 bits per heavy atom. The van der Waals surface area contributed by atoms with E-state index in [0.717, 1.165) is 29.0 Å². The number of hydrogen-bond donors (Lipinski definition) is 2. The molecule has 1 aromatic heterocycles. The van der Waals surface area contributed by atoms with Crippen LogP contribution in [-0.2, 0) is 16.0 Å². The van der Waals surface area contributed by atoms with Gasteiger partial charge in [0.25, 0.3) is 0 Å². The fourth-order valence-electron chi connectivity index (χ4n) is 4.69. The number of benzene rings is 1. The zero-order valence-corrected chi connectivity index (χ0v) is 17.7. The standard InChI is InChI=1S/C23H26N2O3S/c1-12(2)10-14-4-6-15(7-5-14)20-13(3)29-23(24-20)25-21(26)18-16-8-9-17(11-16)19(18)22(27)28/h4-9,12,16-19H,10-11H2,1-3H3,(H,27,28)(H,24,25,26)/t16-,17-,18+,19-/m0/s1. The summed E-state index contributed by atoms with van der Waals surface area (Å²) in [5, 5.41) is 13.0. The maximum absolute atomic E-state index is 12.9. The molecule has 0 aliphatic heterocycles. The largest absolute Gasteiger partial charge is 0.481 e. The molecule has 0 radical (unpaired) electrons. The number of anilines is 1. The van der Waals surface area contributed by atoms with E-state index < -0.39 is 17.8 Å². The average Bonchev–Trinajstić information content (AvgIpc) is 3.36. The van der Waals surface area contributed by atoms with Crippen molar-refractivity contribution >= 4 is 28.3 Å². The van der Waals surface area contributed by atoms with Gasteiger partial charge in [-0.05, 0) is 43.1 Å². The van der Waals surface area contributed by atoms with Gasteiger partial charge in [-0.3, -0.25) is 9.59 Å². The number of hydrogen-bond acceptors (Lipinski definition) is 4. The average molecular weight is 411 g/mol. The molecule has 0 saturated heterocycles. The predicted molar refractivity (Wildman–Crippen MR) is 115 cm³/mol. The molecule has 4 rings (SSSR count). The van der Waals surface area contributed by atoms with E-state index in [4.69, 9.17) is 0 Å². The van der Waals surface area contributed by atoms with Crippen LogP contribution in [0.4, 0.5) is 5.13 Å². The summed E-state index contributed by atoms with van der Waals surface area (Å²) in [6, 6.07) is 8.41. The van der Waals surface area contributed by atoms with Crippen LogP contribution in [0.5, 0.6) is 0 Å². The van der Waals surface area contributed by atoms with Crippen LogP contribution in [0.15, 0.2) is 36.4 Å². The van der Waals surface area contributed by atoms with Gasteiger partial charge in [0.2, 0.25) is 5.91 Å². The number of carboxylic acids is 1. The summed E-state index contributed by atoms with van der Waals surface area (Å²) in [6.07, 6.45) is 5.73. The first kappa shape index (κ1) is 19.8. The Bertz CT molecular complexity index is 961. The van der Waals surface area contributed by atoms with E-state index in [2.05, 4.69) is 48.4 Å². The highest BCUT2D eigenvalue weighted by Gasteiger charge is 2.51. The van der Waals surface area contributed by atoms with Gasteiger partial charge in [0.05, 0.1) is 17.5 Å². The molecule has 2 N–H and O–H groups in total. The van der Waals surface area contributed by atoms with Crippen LogP contribution < -0.4 is 5.32 Å². The molecule has 2 aromatic rings. The molecule has 6 heteroatoms. The third kappa shape index (κ3) is 3.86. The Balaban J connectivity index is 1.50. The van der Waals surface area contributed by atoms with Gasteiger partial charge in [0.15, 0.2) is 5.13 Å². The molecule has 1 fully saturated rings. The SMILES string of the molecule is Cc1sc(NC(=O)[C@H]2[C@@H](C(=O)O)[C@H]3C=C[C@H]2C3)nc1-c1ccc(CC(C)C)cc1. The molecule has 1 saturated carbocycles. The summed E-state index contributed by atoms with van der Waals surface area (Å²) in [7, 11) is 0. The van der Waals surface area contributed by atoms with Crippen LogP contribution in [0.3, 0.4) is 0 Å². The molecule has 2 aliphatic rings. The van der Waals surface area contributed by atoms with Crippen molar-refractivity contribution in [1.29, 1.82) is 0 Å². The molecule has 1 heterocycles. The van der Waals surface area contributed by atoms with Crippen LogP contribution in [0.2, 0.25) is 0 Å². The minimum atomic E-state index is -0.889. The van der Waals surface area contributed by atoms with Crippen molar-refractivity contribution in [2.24, 2.45) is 29.6 Å². The van der Waals surface area contributed by atoms with Crippen molar-refractivity contribution in [3.8, 4) is 11.3 Å². The number of amides is 1. The van der Waals surface area contributed by atoms with E-state index in [9.17, 15) is 14.7 Å². The molecule has 5 nitrogen and oxygen atoms in total. The molecule has 0 spiro atoms. The maximum atomic E-state index is 12.9. The number of thiazole rings is 1. The Hall–Kier alpha value is -2.47. The Morgan fingerprint density at radius 1 is 1.17 bits per heavy atom. The Morgan fingerprint density at radius 2 is 1.83 bits per heavy atom. The highest BCUT2D eigenvalue weighted by Crippen LogP contribution is 2.48. The molecule has 2 bridgehead atoms. The lowest BCUT2D eigenvalue weighted by atomic mass is 9.82. The minimum absolute atomic E-state index is 0.00938. The van der Waals surface area contributed by atoms with Crippen LogP contribution >= 0.6 is 11.3 Å². The van der Waals surface area contributed by atoms with Crippen LogP contribution in [-0.4, -0.2) is 22.0 Å². The second-order valence-corrected chi connectivity index (χ2v) is 9.75. The Labute approximate surface area is 174 Å². The second-order valence-electron chi connectivity index (χ2n) is 8.55. The van der Waals surface area contributed by atoms with Gasteiger partial charge >= 0.3 is 5.97 Å². The summed E-state index contributed by atoms with van der Waals surface area (Å²) >= 11 is 1.43. The first-order valence-corrected chi connectivity index (χ1v) is 10.9. The van der Waals surface area contributed by atoms with Gasteiger partial charge in [-0.1, -0.05) is 50.3 Å². The summed E-state index contributed by atoms with van der Waals surface area (Å²) in [5.74, 6) is -1.70. The molecular formula is C23H26N2O3S. The number of rotatable bonds is 6. The number of nitrogens with one attached hydrogen (secondary N) is 1. The highest BCUT2D eigenvalue weighted by molar-refractivity contribution is 7.16. The highest BCUT2D eigenvalue weighted by atomic mass is 32.1. The number of carbonyl (C=O) groups excluding carboxylic acids is 1. The number of nitrogens with zero attached hydrogens (tertiary/aromatic N) is 1. The van der Waals surface area contributed by atoms with Crippen LogP contribution in [0.25, 0.3) is 11.3 Å². The van der Waals surface area contributed by atoms with E-state index in [1.54, 1.807) is 0 Å².